The molecule has 0 saturated carbocycles. The normalized spacial score (nSPS) is 11.9. The fourth-order valence-corrected chi connectivity index (χ4v) is 2.04. The summed E-state index contributed by atoms with van der Waals surface area (Å²) in [5.41, 5.74) is 1.46. The summed E-state index contributed by atoms with van der Waals surface area (Å²) in [5, 5.41) is 12.1. The molecular weight excluding hydrogens is 327 g/mol. The van der Waals surface area contributed by atoms with Gasteiger partial charge in [0.15, 0.2) is 6.04 Å². The number of pyridine rings is 1. The summed E-state index contributed by atoms with van der Waals surface area (Å²) in [4.78, 5) is 15.4. The maximum atomic E-state index is 13.3. The average Bonchev–Trinajstić information content (AvgIpc) is 2.36. The van der Waals surface area contributed by atoms with Crippen LogP contribution in [0.1, 0.15) is 17.3 Å². The number of benzene rings is 1. The van der Waals surface area contributed by atoms with Gasteiger partial charge in [-0.15, -0.1) is 0 Å². The van der Waals surface area contributed by atoms with E-state index in [4.69, 9.17) is 0 Å². The van der Waals surface area contributed by atoms with E-state index in [0.29, 0.717) is 16.9 Å². The van der Waals surface area contributed by atoms with Gasteiger partial charge in [-0.25, -0.2) is 9.18 Å². The Labute approximate surface area is 123 Å². The molecule has 2 rings (SSSR count). The van der Waals surface area contributed by atoms with Gasteiger partial charge >= 0.3 is 5.97 Å². The Hall–Kier alpha value is -1.95. The zero-order valence-corrected chi connectivity index (χ0v) is 12.2. The van der Waals surface area contributed by atoms with Crippen LogP contribution in [-0.4, -0.2) is 16.1 Å². The molecule has 0 fully saturated rings. The maximum Gasteiger partial charge on any atom is 0.332 e. The minimum absolute atomic E-state index is 0.350. The minimum atomic E-state index is -1.08. The fraction of sp³-hybridized carbons (Fsp3) is 0.143. The van der Waals surface area contributed by atoms with Crippen LogP contribution in [0, 0.1) is 12.7 Å². The van der Waals surface area contributed by atoms with E-state index in [1.807, 2.05) is 0 Å². The lowest BCUT2D eigenvalue weighted by Crippen LogP contribution is -2.21. The highest BCUT2D eigenvalue weighted by Gasteiger charge is 2.21. The molecule has 0 amide bonds. The Morgan fingerprint density at radius 3 is 2.70 bits per heavy atom. The molecule has 1 aromatic carbocycles. The van der Waals surface area contributed by atoms with Crippen molar-refractivity contribution in [2.45, 2.75) is 13.0 Å². The van der Waals surface area contributed by atoms with Gasteiger partial charge in [-0.2, -0.15) is 0 Å². The van der Waals surface area contributed by atoms with Crippen LogP contribution in [0.25, 0.3) is 0 Å². The molecular formula is C14H12BrFN2O2. The van der Waals surface area contributed by atoms with E-state index in [0.717, 1.165) is 4.47 Å². The number of nitrogens with zero attached hydrogens (tertiary/aromatic N) is 1. The summed E-state index contributed by atoms with van der Waals surface area (Å²) in [5.74, 6) is -1.50. The minimum Gasteiger partial charge on any atom is -0.479 e. The molecule has 2 N–H and O–H groups in total. The maximum absolute atomic E-state index is 13.3. The Balaban J connectivity index is 2.30. The van der Waals surface area contributed by atoms with Crippen molar-refractivity contribution >= 4 is 27.6 Å². The van der Waals surface area contributed by atoms with Crippen LogP contribution in [0.15, 0.2) is 41.0 Å². The Morgan fingerprint density at radius 2 is 2.15 bits per heavy atom. The van der Waals surface area contributed by atoms with Crippen LogP contribution < -0.4 is 5.32 Å². The first-order valence-corrected chi connectivity index (χ1v) is 6.63. The van der Waals surface area contributed by atoms with E-state index in [-0.39, 0.29) is 0 Å². The lowest BCUT2D eigenvalue weighted by atomic mass is 10.1. The smallest absolute Gasteiger partial charge is 0.332 e. The monoisotopic (exact) mass is 338 g/mol. The average molecular weight is 339 g/mol. The molecule has 20 heavy (non-hydrogen) atoms. The lowest BCUT2D eigenvalue weighted by Gasteiger charge is -2.16. The van der Waals surface area contributed by atoms with Gasteiger partial charge in [0.2, 0.25) is 0 Å². The summed E-state index contributed by atoms with van der Waals surface area (Å²) in [6, 6.07) is 6.57. The van der Waals surface area contributed by atoms with E-state index in [1.54, 1.807) is 25.1 Å². The molecule has 0 aliphatic rings. The molecule has 6 heteroatoms. The Morgan fingerprint density at radius 1 is 1.40 bits per heavy atom. The first kappa shape index (κ1) is 14.5. The van der Waals surface area contributed by atoms with Crippen LogP contribution in [-0.2, 0) is 4.79 Å². The number of hydrogen-bond donors (Lipinski definition) is 2. The molecule has 2 aromatic rings. The lowest BCUT2D eigenvalue weighted by molar-refractivity contribution is -0.138. The molecule has 0 spiro atoms. The molecule has 1 atom stereocenters. The quantitative estimate of drug-likeness (QED) is 0.895. The van der Waals surface area contributed by atoms with Crippen molar-refractivity contribution in [3.8, 4) is 0 Å². The number of aliphatic carboxylic acids is 1. The predicted molar refractivity (Wildman–Crippen MR) is 77.1 cm³/mol. The number of carboxylic acids is 1. The summed E-state index contributed by atoms with van der Waals surface area (Å²) in [6.07, 6.45) is 1.52. The Bertz CT molecular complexity index is 611. The van der Waals surface area contributed by atoms with Gasteiger partial charge in [0, 0.05) is 16.4 Å². The molecule has 0 radical (unpaired) electrons. The van der Waals surface area contributed by atoms with Gasteiger partial charge < -0.3 is 10.4 Å². The largest absolute Gasteiger partial charge is 0.479 e. The first-order valence-electron chi connectivity index (χ1n) is 5.83. The van der Waals surface area contributed by atoms with E-state index in [9.17, 15) is 14.3 Å². The molecule has 104 valence electrons. The number of carbonyl (C=O) groups is 1. The van der Waals surface area contributed by atoms with Crippen LogP contribution >= 0.6 is 15.9 Å². The highest BCUT2D eigenvalue weighted by Crippen LogP contribution is 2.21. The van der Waals surface area contributed by atoms with Gasteiger partial charge in [0.25, 0.3) is 0 Å². The van der Waals surface area contributed by atoms with Gasteiger partial charge in [0.1, 0.15) is 5.82 Å². The van der Waals surface area contributed by atoms with E-state index >= 15 is 0 Å². The second kappa shape index (κ2) is 6.00. The number of aromatic nitrogens is 1. The van der Waals surface area contributed by atoms with Crippen molar-refractivity contribution in [1.82, 2.24) is 4.98 Å². The van der Waals surface area contributed by atoms with Gasteiger partial charge in [-0.3, -0.25) is 4.98 Å². The number of halogens is 2. The standard InChI is InChI=1S/C14H12BrFN2O2/c1-8-4-10(16)6-11(5-8)18-13(14(19)20)12-3-2-9(15)7-17-12/h2-7,13,18H,1H3,(H,19,20). The third kappa shape index (κ3) is 3.54. The molecule has 0 aliphatic carbocycles. The van der Waals surface area contributed by atoms with E-state index in [1.165, 1.54) is 18.3 Å². The zero-order valence-electron chi connectivity index (χ0n) is 10.6. The van der Waals surface area contributed by atoms with Crippen molar-refractivity contribution in [2.24, 2.45) is 0 Å². The zero-order chi connectivity index (χ0) is 14.7. The molecule has 4 nitrogen and oxygen atoms in total. The van der Waals surface area contributed by atoms with Crippen LogP contribution in [0.5, 0.6) is 0 Å². The molecule has 0 aliphatic heterocycles. The van der Waals surface area contributed by atoms with Gasteiger partial charge in [0.05, 0.1) is 5.69 Å². The highest BCUT2D eigenvalue weighted by atomic mass is 79.9. The summed E-state index contributed by atoms with van der Waals surface area (Å²) in [6.45, 7) is 1.74. The second-order valence-corrected chi connectivity index (χ2v) is 5.25. The summed E-state index contributed by atoms with van der Waals surface area (Å²) < 4.78 is 14.1. The summed E-state index contributed by atoms with van der Waals surface area (Å²) >= 11 is 3.24. The first-order chi connectivity index (χ1) is 9.45. The number of aryl methyl sites for hydroxylation is 1. The van der Waals surface area contributed by atoms with E-state index in [2.05, 4.69) is 26.2 Å². The molecule has 0 bridgehead atoms. The topological polar surface area (TPSA) is 62.2 Å². The predicted octanol–water partition coefficient (Wildman–Crippen LogP) is 3.53. The number of nitrogens with one attached hydrogen (secondary N) is 1. The van der Waals surface area contributed by atoms with Crippen molar-refractivity contribution < 1.29 is 14.3 Å². The molecule has 1 unspecified atom stereocenters. The van der Waals surface area contributed by atoms with Crippen LogP contribution in [0.3, 0.4) is 0 Å². The molecule has 1 aromatic heterocycles. The second-order valence-electron chi connectivity index (χ2n) is 4.33. The van der Waals surface area contributed by atoms with Crippen molar-refractivity contribution in [2.75, 3.05) is 5.32 Å². The number of rotatable bonds is 4. The summed E-state index contributed by atoms with van der Waals surface area (Å²) in [7, 11) is 0. The van der Waals surface area contributed by atoms with Gasteiger partial charge in [-0.1, -0.05) is 0 Å². The number of carboxylic acid groups (broad SMARTS) is 1. The molecule has 0 saturated heterocycles. The molecule has 1 heterocycles. The highest BCUT2D eigenvalue weighted by molar-refractivity contribution is 9.10. The van der Waals surface area contributed by atoms with Crippen LogP contribution in [0.2, 0.25) is 0 Å². The van der Waals surface area contributed by atoms with Gasteiger partial charge in [-0.05, 0) is 58.7 Å². The number of hydrogen-bond acceptors (Lipinski definition) is 3. The third-order valence-electron chi connectivity index (χ3n) is 2.65. The Kier molecular flexibility index (Phi) is 4.34. The van der Waals surface area contributed by atoms with Crippen molar-refractivity contribution in [1.29, 1.82) is 0 Å². The number of anilines is 1. The SMILES string of the molecule is Cc1cc(F)cc(NC(C(=O)O)c2ccc(Br)cn2)c1. The van der Waals surface area contributed by atoms with Crippen molar-refractivity contribution in [3.63, 3.8) is 0 Å². The fourth-order valence-electron chi connectivity index (χ4n) is 1.81. The van der Waals surface area contributed by atoms with Crippen molar-refractivity contribution in [3.05, 3.63) is 58.1 Å². The van der Waals surface area contributed by atoms with E-state index < -0.39 is 17.8 Å². The van der Waals surface area contributed by atoms with Crippen LogP contribution in [0.4, 0.5) is 10.1 Å². The third-order valence-corrected chi connectivity index (χ3v) is 3.12.